The molecule has 3 aliphatic heterocycles. The molecule has 1 aromatic heterocycles. The van der Waals surface area contributed by atoms with Gasteiger partial charge in [-0.05, 0) is 36.6 Å². The van der Waals surface area contributed by atoms with Gasteiger partial charge in [-0.3, -0.25) is 19.7 Å². The smallest absolute Gasteiger partial charge is 0.248 e. The molecule has 1 amide bonds. The molecule has 2 aromatic rings. The Hall–Kier alpha value is -3.36. The average Bonchev–Trinajstić information content (AvgIpc) is 3.65. The minimum atomic E-state index is -0.519. The van der Waals surface area contributed by atoms with E-state index in [2.05, 4.69) is 20.2 Å². The van der Waals surface area contributed by atoms with E-state index in [1.54, 1.807) is 6.21 Å². The Kier molecular flexibility index (Phi) is 6.51. The number of aliphatic imine (C=N–C) groups is 1. The van der Waals surface area contributed by atoms with Crippen molar-refractivity contribution in [3.8, 4) is 0 Å². The molecule has 0 radical (unpaired) electrons. The number of pyridine rings is 1. The van der Waals surface area contributed by atoms with Gasteiger partial charge in [0.2, 0.25) is 5.91 Å². The van der Waals surface area contributed by atoms with E-state index in [9.17, 15) is 9.18 Å². The van der Waals surface area contributed by atoms with Crippen LogP contribution in [0.2, 0.25) is 0 Å². The summed E-state index contributed by atoms with van der Waals surface area (Å²) in [5.41, 5.74) is 8.81. The number of morpholine rings is 1. The first-order chi connectivity index (χ1) is 16.6. The van der Waals surface area contributed by atoms with E-state index in [0.29, 0.717) is 29.0 Å². The summed E-state index contributed by atoms with van der Waals surface area (Å²) in [6.45, 7) is 2.83. The molecule has 2 unspecified atom stereocenters. The molecular formula is C26H28FN5O2. The molecule has 4 aliphatic rings. The van der Waals surface area contributed by atoms with Crippen LogP contribution in [-0.2, 0) is 16.1 Å². The van der Waals surface area contributed by atoms with Gasteiger partial charge in [0.25, 0.3) is 0 Å². The largest absolute Gasteiger partial charge is 0.404 e. The zero-order valence-electron chi connectivity index (χ0n) is 18.9. The van der Waals surface area contributed by atoms with Crippen molar-refractivity contribution in [3.63, 3.8) is 0 Å². The van der Waals surface area contributed by atoms with Crippen LogP contribution in [0.3, 0.4) is 0 Å². The average molecular weight is 462 g/mol. The number of nitrogens with two attached hydrogens (primary N) is 1. The fraction of sp³-hybridized carbons (Fsp3) is 0.346. The first-order valence-corrected chi connectivity index (χ1v) is 11.6. The highest BCUT2D eigenvalue weighted by Gasteiger charge is 2.37. The molecule has 1 saturated carbocycles. The van der Waals surface area contributed by atoms with Crippen molar-refractivity contribution in [2.45, 2.75) is 44.1 Å². The van der Waals surface area contributed by atoms with Gasteiger partial charge in [-0.15, -0.1) is 0 Å². The lowest BCUT2D eigenvalue weighted by atomic mass is 9.98. The van der Waals surface area contributed by atoms with E-state index in [1.807, 2.05) is 24.3 Å². The Morgan fingerprint density at radius 3 is 2.65 bits per heavy atom. The van der Waals surface area contributed by atoms with Crippen LogP contribution in [0, 0.1) is 5.82 Å². The fourth-order valence-electron chi connectivity index (χ4n) is 4.35. The van der Waals surface area contributed by atoms with Gasteiger partial charge in [0, 0.05) is 73.1 Å². The molecule has 8 heteroatoms. The second-order valence-electron chi connectivity index (χ2n) is 9.05. The van der Waals surface area contributed by atoms with Gasteiger partial charge < -0.3 is 15.8 Å². The molecule has 3 saturated heterocycles. The van der Waals surface area contributed by atoms with Gasteiger partial charge >= 0.3 is 0 Å². The molecule has 1 aliphatic carbocycles. The summed E-state index contributed by atoms with van der Waals surface area (Å²) in [5, 5.41) is 2.84. The summed E-state index contributed by atoms with van der Waals surface area (Å²) in [4.78, 5) is 23.2. The van der Waals surface area contributed by atoms with Crippen LogP contribution < -0.4 is 11.1 Å². The summed E-state index contributed by atoms with van der Waals surface area (Å²) in [7, 11) is 0. The van der Waals surface area contributed by atoms with Crippen LogP contribution in [0.15, 0.2) is 53.9 Å². The van der Waals surface area contributed by atoms with Crippen LogP contribution in [0.4, 0.5) is 10.1 Å². The second kappa shape index (κ2) is 9.87. The van der Waals surface area contributed by atoms with E-state index in [-0.39, 0.29) is 17.5 Å². The molecule has 6 rings (SSSR count). The van der Waals surface area contributed by atoms with Crippen molar-refractivity contribution in [1.82, 2.24) is 9.88 Å². The minimum absolute atomic E-state index is 0.274. The number of carbonyl (C=O) groups is 1. The number of anilines is 1. The van der Waals surface area contributed by atoms with E-state index < -0.39 is 5.82 Å². The summed E-state index contributed by atoms with van der Waals surface area (Å²) in [6.07, 6.45) is 12.5. The van der Waals surface area contributed by atoms with Gasteiger partial charge in [0.1, 0.15) is 5.82 Å². The third kappa shape index (κ3) is 5.40. The fourth-order valence-corrected chi connectivity index (χ4v) is 4.35. The predicted molar refractivity (Wildman–Crippen MR) is 131 cm³/mol. The lowest BCUT2D eigenvalue weighted by Gasteiger charge is -2.47. The van der Waals surface area contributed by atoms with Crippen molar-refractivity contribution >= 4 is 29.5 Å². The third-order valence-corrected chi connectivity index (χ3v) is 6.24. The van der Waals surface area contributed by atoms with Crippen molar-refractivity contribution in [2.24, 2.45) is 10.7 Å². The van der Waals surface area contributed by atoms with E-state index >= 15 is 0 Å². The van der Waals surface area contributed by atoms with Crippen LogP contribution in [0.5, 0.6) is 0 Å². The highest BCUT2D eigenvalue weighted by molar-refractivity contribution is 6.11. The number of hydrogen-bond donors (Lipinski definition) is 2. The summed E-state index contributed by atoms with van der Waals surface area (Å²) >= 11 is 0. The first-order valence-electron chi connectivity index (χ1n) is 11.6. The summed E-state index contributed by atoms with van der Waals surface area (Å²) in [5.74, 6) is -0.837. The van der Waals surface area contributed by atoms with E-state index in [0.717, 1.165) is 38.7 Å². The van der Waals surface area contributed by atoms with Gasteiger partial charge in [0.05, 0.1) is 24.4 Å². The lowest BCUT2D eigenvalue weighted by molar-refractivity contribution is -0.182. The summed E-state index contributed by atoms with van der Waals surface area (Å²) in [6, 6.07) is 8.11. The molecule has 4 fully saturated rings. The number of aromatic nitrogens is 1. The van der Waals surface area contributed by atoms with Gasteiger partial charge in [-0.25, -0.2) is 4.39 Å². The number of nitrogens with one attached hydrogen (secondary N) is 1. The normalized spacial score (nSPS) is 22.8. The van der Waals surface area contributed by atoms with E-state index in [1.165, 1.54) is 36.5 Å². The summed E-state index contributed by atoms with van der Waals surface area (Å²) < 4.78 is 20.2. The van der Waals surface area contributed by atoms with Crippen LogP contribution in [0.1, 0.15) is 36.0 Å². The molecule has 176 valence electrons. The first kappa shape index (κ1) is 22.4. The molecule has 2 bridgehead atoms. The maximum atomic E-state index is 14.6. The number of amides is 1. The lowest BCUT2D eigenvalue weighted by Crippen LogP contribution is -2.56. The van der Waals surface area contributed by atoms with Gasteiger partial charge in [-0.1, -0.05) is 12.1 Å². The number of benzene rings is 1. The number of allylic oxidation sites excluding steroid dienone is 1. The molecule has 0 spiro atoms. The van der Waals surface area contributed by atoms with Gasteiger partial charge in [0.15, 0.2) is 0 Å². The molecule has 2 atom stereocenters. The molecular weight excluding hydrogens is 433 g/mol. The van der Waals surface area contributed by atoms with Crippen molar-refractivity contribution < 1.29 is 13.9 Å². The number of halogens is 1. The quantitative estimate of drug-likeness (QED) is 0.464. The van der Waals surface area contributed by atoms with Crippen molar-refractivity contribution in [1.29, 1.82) is 0 Å². The Bertz CT molecular complexity index is 1120. The third-order valence-electron chi connectivity index (χ3n) is 6.24. The van der Waals surface area contributed by atoms with E-state index in [4.69, 9.17) is 10.5 Å². The number of ether oxygens (including phenoxy) is 1. The number of piperidine rings is 1. The SMILES string of the molecule is NC=C(C=NC1CC1)c1c(F)cncc1/C=C/C(=O)Nc1ccc(CN2CC3CC(C2)O3)cc1. The number of nitrogens with zero attached hydrogens (tertiary/aromatic N) is 3. The Labute approximate surface area is 198 Å². The molecule has 7 nitrogen and oxygen atoms in total. The van der Waals surface area contributed by atoms with Crippen LogP contribution >= 0.6 is 0 Å². The molecule has 4 heterocycles. The predicted octanol–water partition coefficient (Wildman–Crippen LogP) is 3.38. The Morgan fingerprint density at radius 1 is 1.24 bits per heavy atom. The second-order valence-corrected chi connectivity index (χ2v) is 9.05. The molecule has 3 N–H and O–H groups in total. The maximum absolute atomic E-state index is 14.6. The van der Waals surface area contributed by atoms with Crippen LogP contribution in [-0.4, -0.2) is 53.3 Å². The van der Waals surface area contributed by atoms with Gasteiger partial charge in [-0.2, -0.15) is 0 Å². The molecule has 34 heavy (non-hydrogen) atoms. The Morgan fingerprint density at radius 2 is 1.97 bits per heavy atom. The van der Waals surface area contributed by atoms with Crippen molar-refractivity contribution in [2.75, 3.05) is 18.4 Å². The maximum Gasteiger partial charge on any atom is 0.248 e. The zero-order chi connectivity index (χ0) is 23.5. The minimum Gasteiger partial charge on any atom is -0.404 e. The number of rotatable bonds is 8. The number of carbonyl (C=O) groups excluding carboxylic acids is 1. The Balaban J connectivity index is 1.21. The number of hydrogen-bond acceptors (Lipinski definition) is 6. The monoisotopic (exact) mass is 461 g/mol. The zero-order valence-corrected chi connectivity index (χ0v) is 18.9. The number of fused-ring (bicyclic) bond motifs is 2. The standard InChI is InChI=1S/C26H28FN5O2/c27-24-13-29-11-18(26(24)19(10-28)12-30-20-6-7-20)3-8-25(33)31-21-4-1-17(2-5-21)14-32-15-22-9-23(16-32)34-22/h1-5,8,10-13,20,22-23H,6-7,9,14-16,28H2,(H,31,33)/b8-3+,19-10?,30-12?. The van der Waals surface area contributed by atoms with Crippen LogP contribution in [0.25, 0.3) is 11.6 Å². The highest BCUT2D eigenvalue weighted by atomic mass is 19.1. The highest BCUT2D eigenvalue weighted by Crippen LogP contribution is 2.29. The van der Waals surface area contributed by atoms with Crippen molar-refractivity contribution in [3.05, 3.63) is 71.4 Å². The topological polar surface area (TPSA) is 92.8 Å². The molecule has 1 aromatic carbocycles.